The number of rotatable bonds is 2. The van der Waals surface area contributed by atoms with Crippen LogP contribution in [0.5, 0.6) is 0 Å². The average molecular weight is 187 g/mol. The van der Waals surface area contributed by atoms with Crippen LogP contribution in [0.1, 0.15) is 26.7 Å². The Bertz CT molecular complexity index is 195. The van der Waals surface area contributed by atoms with Crippen LogP contribution < -0.4 is 0 Å². The highest BCUT2D eigenvalue weighted by atomic mass is 16.4. The molecule has 1 saturated heterocycles. The summed E-state index contributed by atoms with van der Waals surface area (Å²) in [5.41, 5.74) is -1.48. The van der Waals surface area contributed by atoms with Crippen LogP contribution in [-0.2, 0) is 4.79 Å². The molecule has 2 N–H and O–H groups in total. The van der Waals surface area contributed by atoms with Crippen molar-refractivity contribution in [3.8, 4) is 0 Å². The second-order valence-corrected chi connectivity index (χ2v) is 3.97. The molecular weight excluding hydrogens is 170 g/mol. The van der Waals surface area contributed by atoms with Crippen molar-refractivity contribution >= 4 is 5.97 Å². The molecule has 0 spiro atoms. The summed E-state index contributed by atoms with van der Waals surface area (Å²) in [6.45, 7) is 5.48. The molecule has 0 aromatic carbocycles. The first-order valence-electron chi connectivity index (χ1n) is 4.65. The fraction of sp³-hybridized carbons (Fsp3) is 0.889. The van der Waals surface area contributed by atoms with E-state index in [2.05, 4.69) is 18.7 Å². The number of aliphatic hydroxyl groups is 1. The molecule has 0 aliphatic carbocycles. The van der Waals surface area contributed by atoms with E-state index in [-0.39, 0.29) is 0 Å². The van der Waals surface area contributed by atoms with Gasteiger partial charge in [-0.1, -0.05) is 0 Å². The third-order valence-electron chi connectivity index (χ3n) is 2.75. The van der Waals surface area contributed by atoms with Crippen molar-refractivity contribution < 1.29 is 15.0 Å². The van der Waals surface area contributed by atoms with Gasteiger partial charge in [0, 0.05) is 19.1 Å². The van der Waals surface area contributed by atoms with Crippen molar-refractivity contribution in [1.82, 2.24) is 4.90 Å². The molecule has 1 heterocycles. The summed E-state index contributed by atoms with van der Waals surface area (Å²) in [6, 6.07) is 0.429. The number of hydrogen-bond acceptors (Lipinski definition) is 3. The Morgan fingerprint density at radius 2 is 1.85 bits per heavy atom. The molecule has 0 bridgehead atoms. The molecule has 1 aliphatic rings. The number of nitrogens with zero attached hydrogens (tertiary/aromatic N) is 1. The Morgan fingerprint density at radius 3 is 2.15 bits per heavy atom. The summed E-state index contributed by atoms with van der Waals surface area (Å²) in [6.07, 6.45) is 0.668. The van der Waals surface area contributed by atoms with Gasteiger partial charge in [0.2, 0.25) is 0 Å². The minimum absolute atomic E-state index is 0.334. The molecule has 13 heavy (non-hydrogen) atoms. The Labute approximate surface area is 78.2 Å². The van der Waals surface area contributed by atoms with Gasteiger partial charge in [0.1, 0.15) is 0 Å². The first kappa shape index (κ1) is 10.5. The molecule has 0 saturated carbocycles. The fourth-order valence-electron chi connectivity index (χ4n) is 1.62. The van der Waals surface area contributed by atoms with Gasteiger partial charge < -0.3 is 15.1 Å². The third-order valence-corrected chi connectivity index (χ3v) is 2.75. The van der Waals surface area contributed by atoms with Crippen LogP contribution in [0.3, 0.4) is 0 Å². The van der Waals surface area contributed by atoms with Crippen LogP contribution in [0.4, 0.5) is 0 Å². The van der Waals surface area contributed by atoms with Crippen molar-refractivity contribution in [2.45, 2.75) is 38.3 Å². The molecule has 76 valence electrons. The van der Waals surface area contributed by atoms with Crippen LogP contribution in [0, 0.1) is 0 Å². The Kier molecular flexibility index (Phi) is 2.93. The minimum Gasteiger partial charge on any atom is -0.479 e. The number of carboxylic acids is 1. The van der Waals surface area contributed by atoms with E-state index >= 15 is 0 Å². The number of hydrogen-bond donors (Lipinski definition) is 2. The van der Waals surface area contributed by atoms with Gasteiger partial charge in [0.05, 0.1) is 0 Å². The van der Waals surface area contributed by atoms with E-state index in [1.807, 2.05) is 0 Å². The molecule has 1 fully saturated rings. The summed E-state index contributed by atoms with van der Waals surface area (Å²) in [4.78, 5) is 12.9. The van der Waals surface area contributed by atoms with Gasteiger partial charge in [-0.3, -0.25) is 0 Å². The highest BCUT2D eigenvalue weighted by Crippen LogP contribution is 2.23. The summed E-state index contributed by atoms with van der Waals surface area (Å²) in [5, 5.41) is 18.4. The van der Waals surface area contributed by atoms with Gasteiger partial charge in [-0.25, -0.2) is 4.79 Å². The Morgan fingerprint density at radius 1 is 1.38 bits per heavy atom. The van der Waals surface area contributed by atoms with E-state index in [1.54, 1.807) is 0 Å². The predicted octanol–water partition coefficient (Wildman–Crippen LogP) is 0.306. The predicted molar refractivity (Wildman–Crippen MR) is 48.5 cm³/mol. The molecule has 1 rings (SSSR count). The van der Waals surface area contributed by atoms with E-state index in [1.165, 1.54) is 0 Å². The van der Waals surface area contributed by atoms with Crippen LogP contribution >= 0.6 is 0 Å². The molecule has 0 unspecified atom stereocenters. The van der Waals surface area contributed by atoms with Gasteiger partial charge in [0.25, 0.3) is 0 Å². The molecule has 4 nitrogen and oxygen atoms in total. The van der Waals surface area contributed by atoms with E-state index in [4.69, 9.17) is 5.11 Å². The summed E-state index contributed by atoms with van der Waals surface area (Å²) < 4.78 is 0. The topological polar surface area (TPSA) is 60.8 Å². The first-order valence-corrected chi connectivity index (χ1v) is 4.65. The van der Waals surface area contributed by atoms with Crippen LogP contribution in [0.15, 0.2) is 0 Å². The summed E-state index contributed by atoms with van der Waals surface area (Å²) >= 11 is 0. The van der Waals surface area contributed by atoms with Crippen molar-refractivity contribution in [3.05, 3.63) is 0 Å². The molecular formula is C9H17NO3. The smallest absolute Gasteiger partial charge is 0.335 e. The molecule has 0 atom stereocenters. The van der Waals surface area contributed by atoms with Crippen molar-refractivity contribution in [1.29, 1.82) is 0 Å². The Hall–Kier alpha value is -0.610. The molecule has 0 aromatic heterocycles. The van der Waals surface area contributed by atoms with E-state index in [9.17, 15) is 9.90 Å². The third kappa shape index (κ3) is 2.19. The molecule has 1 aliphatic heterocycles. The second-order valence-electron chi connectivity index (χ2n) is 3.97. The number of carboxylic acid groups (broad SMARTS) is 1. The summed E-state index contributed by atoms with van der Waals surface area (Å²) in [7, 11) is 0. The molecule has 0 amide bonds. The van der Waals surface area contributed by atoms with Crippen molar-refractivity contribution in [2.75, 3.05) is 13.1 Å². The van der Waals surface area contributed by atoms with E-state index in [0.29, 0.717) is 32.0 Å². The molecule has 4 heteroatoms. The van der Waals surface area contributed by atoms with Gasteiger partial charge >= 0.3 is 5.97 Å². The maximum absolute atomic E-state index is 10.7. The minimum atomic E-state index is -1.48. The van der Waals surface area contributed by atoms with Crippen LogP contribution in [0.2, 0.25) is 0 Å². The largest absolute Gasteiger partial charge is 0.479 e. The SMILES string of the molecule is CC(C)N1CCC(O)(C(=O)O)CC1. The van der Waals surface area contributed by atoms with Gasteiger partial charge in [-0.15, -0.1) is 0 Å². The van der Waals surface area contributed by atoms with E-state index in [0.717, 1.165) is 0 Å². The van der Waals surface area contributed by atoms with Crippen molar-refractivity contribution in [3.63, 3.8) is 0 Å². The number of aliphatic carboxylic acids is 1. The Balaban J connectivity index is 2.51. The maximum Gasteiger partial charge on any atom is 0.335 e. The second kappa shape index (κ2) is 3.64. The zero-order chi connectivity index (χ0) is 10.1. The summed E-state index contributed by atoms with van der Waals surface area (Å²) in [5.74, 6) is -1.09. The maximum atomic E-state index is 10.7. The van der Waals surface area contributed by atoms with Crippen LogP contribution in [0.25, 0.3) is 0 Å². The van der Waals surface area contributed by atoms with Crippen molar-refractivity contribution in [2.24, 2.45) is 0 Å². The number of piperidine rings is 1. The van der Waals surface area contributed by atoms with Gasteiger partial charge in [-0.2, -0.15) is 0 Å². The lowest BCUT2D eigenvalue weighted by atomic mass is 9.91. The normalized spacial score (nSPS) is 23.4. The first-order chi connectivity index (χ1) is 5.96. The number of likely N-dealkylation sites (tertiary alicyclic amines) is 1. The standard InChI is InChI=1S/C9H17NO3/c1-7(2)10-5-3-9(13,4-6-10)8(11)12/h7,13H,3-6H2,1-2H3,(H,11,12). The zero-order valence-corrected chi connectivity index (χ0v) is 8.16. The lowest BCUT2D eigenvalue weighted by molar-refractivity contribution is -0.163. The molecule has 0 radical (unpaired) electrons. The highest BCUT2D eigenvalue weighted by Gasteiger charge is 2.39. The monoisotopic (exact) mass is 187 g/mol. The lowest BCUT2D eigenvalue weighted by Crippen LogP contribution is -2.50. The lowest BCUT2D eigenvalue weighted by Gasteiger charge is -2.37. The van der Waals surface area contributed by atoms with Gasteiger partial charge in [0.15, 0.2) is 5.60 Å². The highest BCUT2D eigenvalue weighted by molar-refractivity contribution is 5.77. The number of carbonyl (C=O) groups is 1. The molecule has 0 aromatic rings. The van der Waals surface area contributed by atoms with Crippen LogP contribution in [-0.4, -0.2) is 45.8 Å². The van der Waals surface area contributed by atoms with E-state index < -0.39 is 11.6 Å². The quantitative estimate of drug-likeness (QED) is 0.653. The fourth-order valence-corrected chi connectivity index (χ4v) is 1.62. The van der Waals surface area contributed by atoms with Gasteiger partial charge in [-0.05, 0) is 26.7 Å². The zero-order valence-electron chi connectivity index (χ0n) is 8.16. The average Bonchev–Trinajstić information content (AvgIpc) is 2.04.